The molecule has 1 rings (SSSR count). The van der Waals surface area contributed by atoms with E-state index in [0.717, 1.165) is 0 Å². The van der Waals surface area contributed by atoms with Crippen molar-refractivity contribution < 1.29 is 0 Å². The molecule has 0 fully saturated rings. The van der Waals surface area contributed by atoms with E-state index in [9.17, 15) is 0 Å². The number of nitrogens with one attached hydrogen (secondary N) is 1. The Hall–Kier alpha value is -0.123. The Labute approximate surface area is 61.7 Å². The first-order valence-electron chi connectivity index (χ1n) is 2.41. The van der Waals surface area contributed by atoms with E-state index < -0.39 is 0 Å². The van der Waals surface area contributed by atoms with Crippen LogP contribution in [0.3, 0.4) is 0 Å². The second-order valence-electron chi connectivity index (χ2n) is 1.82. The molecule has 0 aliphatic rings. The Morgan fingerprint density at radius 2 is 1.50 bits per heavy atom. The predicted molar refractivity (Wildman–Crippen MR) is 36.0 cm³/mol. The maximum Gasteiger partial charge on any atom is 0.0117 e. The van der Waals surface area contributed by atoms with Crippen LogP contribution >= 0.6 is 0 Å². The molecular formula is C6H9LiN. The van der Waals surface area contributed by atoms with Crippen molar-refractivity contribution in [2.24, 2.45) is 0 Å². The molecule has 1 radical (unpaired) electrons. The molecule has 0 saturated heterocycles. The maximum absolute atomic E-state index is 3.14. The third-order valence-electron chi connectivity index (χ3n) is 0.978. The molecule has 0 amide bonds. The van der Waals surface area contributed by atoms with E-state index in [-0.39, 0.29) is 18.9 Å². The fourth-order valence-electron chi connectivity index (χ4n) is 0.644. The average molecular weight is 102 g/mol. The number of H-pyrrole nitrogens is 1. The van der Waals surface area contributed by atoms with Crippen molar-refractivity contribution in [3.8, 4) is 0 Å². The molecule has 39 valence electrons. The van der Waals surface area contributed by atoms with Crippen LogP contribution in [0.5, 0.6) is 0 Å². The van der Waals surface area contributed by atoms with Gasteiger partial charge in [0.2, 0.25) is 0 Å². The number of aromatic nitrogens is 1. The number of hydrogen-bond donors (Lipinski definition) is 1. The molecular weight excluding hydrogens is 93.0 g/mol. The summed E-state index contributed by atoms with van der Waals surface area (Å²) in [6.45, 7) is 4.10. The first-order chi connectivity index (χ1) is 3.29. The van der Waals surface area contributed by atoms with Crippen molar-refractivity contribution in [2.45, 2.75) is 13.8 Å². The second-order valence-corrected chi connectivity index (χ2v) is 1.82. The molecule has 0 aliphatic heterocycles. The smallest absolute Gasteiger partial charge is 0.0117 e. The molecule has 1 nitrogen and oxygen atoms in total. The van der Waals surface area contributed by atoms with E-state index >= 15 is 0 Å². The number of aromatic amines is 1. The van der Waals surface area contributed by atoms with Gasteiger partial charge in [-0.05, 0) is 26.0 Å². The van der Waals surface area contributed by atoms with Crippen LogP contribution < -0.4 is 0 Å². The van der Waals surface area contributed by atoms with Gasteiger partial charge >= 0.3 is 0 Å². The molecule has 0 aromatic carbocycles. The van der Waals surface area contributed by atoms with Gasteiger partial charge in [0.15, 0.2) is 0 Å². The normalized spacial score (nSPS) is 8.25. The monoisotopic (exact) mass is 102 g/mol. The summed E-state index contributed by atoms with van der Waals surface area (Å²) in [6, 6.07) is 4.13. The summed E-state index contributed by atoms with van der Waals surface area (Å²) in [4.78, 5) is 3.14. The standard InChI is InChI=1S/C6H9N.Li/c1-5-3-4-6(2)7-5;/h3-4,7H,1-2H3;. The minimum Gasteiger partial charge on any atom is -0.363 e. The molecule has 0 atom stereocenters. The van der Waals surface area contributed by atoms with Crippen LogP contribution in [-0.2, 0) is 0 Å². The van der Waals surface area contributed by atoms with Gasteiger partial charge in [0.1, 0.15) is 0 Å². The van der Waals surface area contributed by atoms with Crippen LogP contribution in [0.1, 0.15) is 11.4 Å². The molecule has 1 aromatic rings. The Kier molecular flexibility index (Phi) is 2.97. The summed E-state index contributed by atoms with van der Waals surface area (Å²) in [5.74, 6) is 0. The van der Waals surface area contributed by atoms with Gasteiger partial charge in [-0.3, -0.25) is 0 Å². The van der Waals surface area contributed by atoms with E-state index in [0.29, 0.717) is 0 Å². The predicted octanol–water partition coefficient (Wildman–Crippen LogP) is 1.25. The average Bonchev–Trinajstić information content (AvgIpc) is 1.87. The van der Waals surface area contributed by atoms with Crippen LogP contribution in [0.2, 0.25) is 0 Å². The van der Waals surface area contributed by atoms with Gasteiger partial charge < -0.3 is 4.98 Å². The quantitative estimate of drug-likeness (QED) is 0.474. The van der Waals surface area contributed by atoms with E-state index in [1.165, 1.54) is 11.4 Å². The molecule has 0 spiro atoms. The topological polar surface area (TPSA) is 15.8 Å². The molecule has 1 heterocycles. The van der Waals surface area contributed by atoms with Gasteiger partial charge in [-0.2, -0.15) is 0 Å². The van der Waals surface area contributed by atoms with Crippen LogP contribution in [0, 0.1) is 13.8 Å². The molecule has 1 N–H and O–H groups in total. The van der Waals surface area contributed by atoms with Gasteiger partial charge in [0, 0.05) is 30.2 Å². The SMILES string of the molecule is Cc1ccc(C)[nH]1.[Li]. The molecule has 1 aromatic heterocycles. The number of rotatable bonds is 0. The van der Waals surface area contributed by atoms with Crippen LogP contribution in [0.25, 0.3) is 0 Å². The van der Waals surface area contributed by atoms with E-state index in [4.69, 9.17) is 0 Å². The summed E-state index contributed by atoms with van der Waals surface area (Å²) in [6.07, 6.45) is 0. The summed E-state index contributed by atoms with van der Waals surface area (Å²) in [5, 5.41) is 0. The van der Waals surface area contributed by atoms with Crippen LogP contribution in [0.4, 0.5) is 0 Å². The first-order valence-corrected chi connectivity index (χ1v) is 2.41. The van der Waals surface area contributed by atoms with Gasteiger partial charge in [0.05, 0.1) is 0 Å². The number of aryl methyl sites for hydroxylation is 2. The molecule has 0 bridgehead atoms. The van der Waals surface area contributed by atoms with Crippen molar-refractivity contribution >= 4 is 18.9 Å². The Balaban J connectivity index is 0.000000490. The van der Waals surface area contributed by atoms with E-state index in [1.807, 2.05) is 13.8 Å². The molecule has 0 saturated carbocycles. The van der Waals surface area contributed by atoms with Crippen LogP contribution in [0.15, 0.2) is 12.1 Å². The second kappa shape index (κ2) is 3.01. The van der Waals surface area contributed by atoms with Gasteiger partial charge in [-0.15, -0.1) is 0 Å². The van der Waals surface area contributed by atoms with E-state index in [2.05, 4.69) is 17.1 Å². The molecule has 0 unspecified atom stereocenters. The zero-order valence-corrected chi connectivity index (χ0v) is 5.65. The number of hydrogen-bond acceptors (Lipinski definition) is 0. The Morgan fingerprint density at radius 1 is 1.12 bits per heavy atom. The fourth-order valence-corrected chi connectivity index (χ4v) is 0.644. The summed E-state index contributed by atoms with van der Waals surface area (Å²) in [5.41, 5.74) is 2.47. The Bertz CT molecular complexity index is 141. The van der Waals surface area contributed by atoms with E-state index in [1.54, 1.807) is 0 Å². The van der Waals surface area contributed by atoms with Crippen molar-refractivity contribution in [1.82, 2.24) is 4.98 Å². The molecule has 0 aliphatic carbocycles. The van der Waals surface area contributed by atoms with Crippen molar-refractivity contribution in [2.75, 3.05) is 0 Å². The van der Waals surface area contributed by atoms with Crippen molar-refractivity contribution in [3.63, 3.8) is 0 Å². The summed E-state index contributed by atoms with van der Waals surface area (Å²) >= 11 is 0. The maximum atomic E-state index is 3.14. The third-order valence-corrected chi connectivity index (χ3v) is 0.978. The van der Waals surface area contributed by atoms with Gasteiger partial charge in [0.25, 0.3) is 0 Å². The molecule has 2 heteroatoms. The zero-order chi connectivity index (χ0) is 5.28. The minimum atomic E-state index is 0. The van der Waals surface area contributed by atoms with Crippen molar-refractivity contribution in [1.29, 1.82) is 0 Å². The first kappa shape index (κ1) is 7.88. The summed E-state index contributed by atoms with van der Waals surface area (Å²) < 4.78 is 0. The van der Waals surface area contributed by atoms with Gasteiger partial charge in [-0.1, -0.05) is 0 Å². The third kappa shape index (κ3) is 1.77. The fraction of sp³-hybridized carbons (Fsp3) is 0.333. The minimum absolute atomic E-state index is 0. The Morgan fingerprint density at radius 3 is 1.62 bits per heavy atom. The van der Waals surface area contributed by atoms with Crippen molar-refractivity contribution in [3.05, 3.63) is 23.5 Å². The zero-order valence-electron chi connectivity index (χ0n) is 5.65. The largest absolute Gasteiger partial charge is 0.363 e. The molecule has 8 heavy (non-hydrogen) atoms. The van der Waals surface area contributed by atoms with Gasteiger partial charge in [-0.25, -0.2) is 0 Å². The summed E-state index contributed by atoms with van der Waals surface area (Å²) in [7, 11) is 0. The van der Waals surface area contributed by atoms with Crippen LogP contribution in [-0.4, -0.2) is 23.8 Å².